The third kappa shape index (κ3) is 3.28. The van der Waals surface area contributed by atoms with E-state index in [1.54, 1.807) is 0 Å². The van der Waals surface area contributed by atoms with Gasteiger partial charge in [-0.15, -0.1) is 0 Å². The molecular weight excluding hydrogens is 214 g/mol. The van der Waals surface area contributed by atoms with Crippen molar-refractivity contribution in [2.24, 2.45) is 0 Å². The van der Waals surface area contributed by atoms with Gasteiger partial charge in [0.05, 0.1) is 12.7 Å². The van der Waals surface area contributed by atoms with Crippen LogP contribution in [0.4, 0.5) is 0 Å². The molecule has 94 valence electrons. The summed E-state index contributed by atoms with van der Waals surface area (Å²) < 4.78 is 0. The molecule has 3 N–H and O–H groups in total. The topological polar surface area (TPSA) is 52.5 Å². The smallest absolute Gasteiger partial charge is 0.0895 e. The first-order valence-electron chi connectivity index (χ1n) is 6.28. The Balaban J connectivity index is 1.73. The van der Waals surface area contributed by atoms with Crippen LogP contribution in [0.3, 0.4) is 0 Å². The van der Waals surface area contributed by atoms with Gasteiger partial charge in [0, 0.05) is 12.6 Å². The Labute approximate surface area is 102 Å². The van der Waals surface area contributed by atoms with Gasteiger partial charge in [0.15, 0.2) is 0 Å². The van der Waals surface area contributed by atoms with Crippen molar-refractivity contribution >= 4 is 0 Å². The summed E-state index contributed by atoms with van der Waals surface area (Å²) >= 11 is 0. The van der Waals surface area contributed by atoms with Crippen molar-refractivity contribution in [1.29, 1.82) is 0 Å². The molecule has 1 aromatic carbocycles. The summed E-state index contributed by atoms with van der Waals surface area (Å²) in [4.78, 5) is 0. The van der Waals surface area contributed by atoms with E-state index in [0.717, 1.165) is 12.8 Å². The van der Waals surface area contributed by atoms with Gasteiger partial charge in [-0.05, 0) is 31.2 Å². The number of rotatable bonds is 5. The molecule has 3 nitrogen and oxygen atoms in total. The number of nitrogens with one attached hydrogen (secondary N) is 1. The SMILES string of the molecule is Cc1ccc(C2CC(NCC(O)CO)C2)cc1. The molecule has 0 spiro atoms. The average molecular weight is 235 g/mol. The summed E-state index contributed by atoms with van der Waals surface area (Å²) in [5.74, 6) is 0.652. The second-order valence-electron chi connectivity index (χ2n) is 5.02. The van der Waals surface area contributed by atoms with Crippen molar-refractivity contribution in [3.05, 3.63) is 35.4 Å². The highest BCUT2D eigenvalue weighted by Crippen LogP contribution is 2.36. The first-order chi connectivity index (χ1) is 8.19. The van der Waals surface area contributed by atoms with E-state index in [2.05, 4.69) is 36.5 Å². The molecule has 3 heteroatoms. The largest absolute Gasteiger partial charge is 0.394 e. The maximum atomic E-state index is 9.23. The predicted molar refractivity (Wildman–Crippen MR) is 68.0 cm³/mol. The fourth-order valence-electron chi connectivity index (χ4n) is 2.26. The minimum Gasteiger partial charge on any atom is -0.394 e. The molecule has 1 aliphatic carbocycles. The standard InChI is InChI=1S/C14H21NO2/c1-10-2-4-11(5-3-10)12-6-13(7-12)15-8-14(17)9-16/h2-5,12-17H,6-9H2,1H3. The van der Waals surface area contributed by atoms with Crippen LogP contribution in [0, 0.1) is 6.92 Å². The van der Waals surface area contributed by atoms with Crippen molar-refractivity contribution in [3.63, 3.8) is 0 Å². The van der Waals surface area contributed by atoms with Gasteiger partial charge in [0.1, 0.15) is 0 Å². The van der Waals surface area contributed by atoms with Crippen molar-refractivity contribution in [2.75, 3.05) is 13.2 Å². The zero-order chi connectivity index (χ0) is 12.3. The van der Waals surface area contributed by atoms with Crippen molar-refractivity contribution in [3.8, 4) is 0 Å². The van der Waals surface area contributed by atoms with Crippen LogP contribution in [0.5, 0.6) is 0 Å². The lowest BCUT2D eigenvalue weighted by atomic mass is 9.75. The van der Waals surface area contributed by atoms with Crippen LogP contribution >= 0.6 is 0 Å². The van der Waals surface area contributed by atoms with Gasteiger partial charge in [0.25, 0.3) is 0 Å². The molecule has 1 fully saturated rings. The van der Waals surface area contributed by atoms with Gasteiger partial charge in [-0.25, -0.2) is 0 Å². The van der Waals surface area contributed by atoms with E-state index in [1.165, 1.54) is 11.1 Å². The van der Waals surface area contributed by atoms with E-state index in [4.69, 9.17) is 5.11 Å². The van der Waals surface area contributed by atoms with Gasteiger partial charge in [-0.2, -0.15) is 0 Å². The maximum absolute atomic E-state index is 9.23. The van der Waals surface area contributed by atoms with E-state index >= 15 is 0 Å². The first kappa shape index (κ1) is 12.6. The van der Waals surface area contributed by atoms with Crippen LogP contribution in [-0.2, 0) is 0 Å². The van der Waals surface area contributed by atoms with E-state index in [-0.39, 0.29) is 6.61 Å². The first-order valence-corrected chi connectivity index (χ1v) is 6.28. The molecule has 17 heavy (non-hydrogen) atoms. The molecule has 1 saturated carbocycles. The van der Waals surface area contributed by atoms with Crippen LogP contribution in [0.1, 0.15) is 29.9 Å². The lowest BCUT2D eigenvalue weighted by Gasteiger charge is -2.36. The fraction of sp³-hybridized carbons (Fsp3) is 0.571. The van der Waals surface area contributed by atoms with Crippen molar-refractivity contribution < 1.29 is 10.2 Å². The number of hydrogen-bond donors (Lipinski definition) is 3. The number of hydrogen-bond acceptors (Lipinski definition) is 3. The quantitative estimate of drug-likeness (QED) is 0.718. The zero-order valence-electron chi connectivity index (χ0n) is 10.3. The Morgan fingerprint density at radius 1 is 1.29 bits per heavy atom. The third-order valence-electron chi connectivity index (χ3n) is 3.54. The molecule has 0 aromatic heterocycles. The number of aliphatic hydroxyl groups excluding tert-OH is 2. The summed E-state index contributed by atoms with van der Waals surface area (Å²) in [7, 11) is 0. The Morgan fingerprint density at radius 2 is 1.94 bits per heavy atom. The third-order valence-corrected chi connectivity index (χ3v) is 3.54. The molecule has 0 heterocycles. The van der Waals surface area contributed by atoms with E-state index in [1.807, 2.05) is 0 Å². The van der Waals surface area contributed by atoms with Crippen LogP contribution in [0.25, 0.3) is 0 Å². The second-order valence-corrected chi connectivity index (χ2v) is 5.02. The zero-order valence-corrected chi connectivity index (χ0v) is 10.3. The second kappa shape index (κ2) is 5.63. The monoisotopic (exact) mass is 235 g/mol. The maximum Gasteiger partial charge on any atom is 0.0895 e. The molecule has 0 bridgehead atoms. The lowest BCUT2D eigenvalue weighted by Crippen LogP contribution is -2.44. The van der Waals surface area contributed by atoms with E-state index in [0.29, 0.717) is 18.5 Å². The molecule has 1 aromatic rings. The predicted octanol–water partition coefficient (Wildman–Crippen LogP) is 1.18. The number of aliphatic hydroxyl groups is 2. The average Bonchev–Trinajstić information content (AvgIpc) is 2.29. The normalized spacial score (nSPS) is 25.4. The Bertz CT molecular complexity index is 344. The molecular formula is C14H21NO2. The van der Waals surface area contributed by atoms with Crippen molar-refractivity contribution in [2.45, 2.75) is 37.8 Å². The summed E-state index contributed by atoms with van der Waals surface area (Å²) in [6.45, 7) is 2.42. The molecule has 0 radical (unpaired) electrons. The summed E-state index contributed by atoms with van der Waals surface area (Å²) in [6.07, 6.45) is 1.62. The van der Waals surface area contributed by atoms with E-state index in [9.17, 15) is 5.11 Å². The van der Waals surface area contributed by atoms with Gasteiger partial charge < -0.3 is 15.5 Å². The van der Waals surface area contributed by atoms with Crippen LogP contribution < -0.4 is 5.32 Å². The molecule has 0 saturated heterocycles. The van der Waals surface area contributed by atoms with Gasteiger partial charge >= 0.3 is 0 Å². The van der Waals surface area contributed by atoms with Gasteiger partial charge in [-0.3, -0.25) is 0 Å². The number of benzene rings is 1. The Hall–Kier alpha value is -0.900. The molecule has 1 atom stereocenters. The summed E-state index contributed by atoms with van der Waals surface area (Å²) in [6, 6.07) is 9.22. The highest BCUT2D eigenvalue weighted by atomic mass is 16.3. The van der Waals surface area contributed by atoms with E-state index < -0.39 is 6.10 Å². The fourth-order valence-corrected chi connectivity index (χ4v) is 2.26. The molecule has 1 aliphatic rings. The lowest BCUT2D eigenvalue weighted by molar-refractivity contribution is 0.0872. The minimum atomic E-state index is -0.631. The number of aryl methyl sites for hydroxylation is 1. The minimum absolute atomic E-state index is 0.166. The molecule has 1 unspecified atom stereocenters. The molecule has 0 amide bonds. The van der Waals surface area contributed by atoms with Crippen LogP contribution in [-0.4, -0.2) is 35.5 Å². The summed E-state index contributed by atoms with van der Waals surface area (Å²) in [5, 5.41) is 21.2. The van der Waals surface area contributed by atoms with Gasteiger partial charge in [0.2, 0.25) is 0 Å². The van der Waals surface area contributed by atoms with Crippen molar-refractivity contribution in [1.82, 2.24) is 5.32 Å². The highest BCUT2D eigenvalue weighted by molar-refractivity contribution is 5.26. The molecule has 0 aliphatic heterocycles. The highest BCUT2D eigenvalue weighted by Gasteiger charge is 2.29. The van der Waals surface area contributed by atoms with Crippen LogP contribution in [0.2, 0.25) is 0 Å². The molecule has 2 rings (SSSR count). The summed E-state index contributed by atoms with van der Waals surface area (Å²) in [5.41, 5.74) is 2.71. The Morgan fingerprint density at radius 3 is 2.53 bits per heavy atom. The van der Waals surface area contributed by atoms with Gasteiger partial charge in [-0.1, -0.05) is 29.8 Å². The van der Waals surface area contributed by atoms with Crippen LogP contribution in [0.15, 0.2) is 24.3 Å². The Kier molecular flexibility index (Phi) is 4.15.